The van der Waals surface area contributed by atoms with Crippen LogP contribution in [0.3, 0.4) is 0 Å². The molecule has 1 aliphatic rings. The fraction of sp³-hybridized carbons (Fsp3) is 0.200. The number of para-hydroxylation sites is 1. The van der Waals surface area contributed by atoms with Gasteiger partial charge in [-0.05, 0) is 29.7 Å². The van der Waals surface area contributed by atoms with Gasteiger partial charge in [-0.2, -0.15) is 0 Å². The molecular formula is C15H13F2NO. The number of benzene rings is 2. The average molecular weight is 261 g/mol. The van der Waals surface area contributed by atoms with Crippen molar-refractivity contribution in [3.05, 3.63) is 64.7 Å². The first-order chi connectivity index (χ1) is 9.15. The normalized spacial score (nSPS) is 14.9. The molecule has 0 aliphatic carbocycles. The zero-order chi connectivity index (χ0) is 13.4. The SMILES string of the molecule is OC(c1cc(F)cc(F)c1)c1cccc2c1NCC2. The van der Waals surface area contributed by atoms with Crippen molar-refractivity contribution in [3.63, 3.8) is 0 Å². The highest BCUT2D eigenvalue weighted by atomic mass is 19.1. The minimum Gasteiger partial charge on any atom is -0.384 e. The van der Waals surface area contributed by atoms with Crippen LogP contribution in [-0.4, -0.2) is 11.7 Å². The van der Waals surface area contributed by atoms with Gasteiger partial charge in [0, 0.05) is 23.9 Å². The lowest BCUT2D eigenvalue weighted by atomic mass is 9.97. The molecule has 0 amide bonds. The summed E-state index contributed by atoms with van der Waals surface area (Å²) in [6.07, 6.45) is -0.140. The Labute approximate surface area is 109 Å². The standard InChI is InChI=1S/C15H13F2NO/c16-11-6-10(7-12(17)8-11)15(19)13-3-1-2-9-4-5-18-14(9)13/h1-3,6-8,15,18-19H,4-5H2. The van der Waals surface area contributed by atoms with Gasteiger partial charge in [0.15, 0.2) is 0 Å². The Morgan fingerprint density at radius 2 is 1.84 bits per heavy atom. The quantitative estimate of drug-likeness (QED) is 0.871. The number of aliphatic hydroxyl groups excluding tert-OH is 1. The molecular weight excluding hydrogens is 248 g/mol. The predicted octanol–water partition coefficient (Wildman–Crippen LogP) is 3.01. The van der Waals surface area contributed by atoms with Gasteiger partial charge in [0.2, 0.25) is 0 Å². The molecule has 0 saturated carbocycles. The van der Waals surface area contributed by atoms with Crippen LogP contribution in [0.2, 0.25) is 0 Å². The van der Waals surface area contributed by atoms with E-state index in [0.29, 0.717) is 5.56 Å². The Balaban J connectivity index is 2.04. The fourth-order valence-electron chi connectivity index (χ4n) is 2.51. The molecule has 1 aliphatic heterocycles. The summed E-state index contributed by atoms with van der Waals surface area (Å²) >= 11 is 0. The number of rotatable bonds is 2. The molecule has 1 unspecified atom stereocenters. The van der Waals surface area contributed by atoms with Gasteiger partial charge < -0.3 is 10.4 Å². The number of aliphatic hydroxyl groups is 1. The summed E-state index contributed by atoms with van der Waals surface area (Å²) in [5.41, 5.74) is 2.87. The highest BCUT2D eigenvalue weighted by molar-refractivity contribution is 5.63. The molecule has 2 nitrogen and oxygen atoms in total. The topological polar surface area (TPSA) is 32.3 Å². The van der Waals surface area contributed by atoms with Crippen molar-refractivity contribution in [1.29, 1.82) is 0 Å². The van der Waals surface area contributed by atoms with Gasteiger partial charge in [-0.25, -0.2) is 8.78 Å². The van der Waals surface area contributed by atoms with E-state index in [2.05, 4.69) is 5.32 Å². The molecule has 1 heterocycles. The smallest absolute Gasteiger partial charge is 0.126 e. The predicted molar refractivity (Wildman–Crippen MR) is 69.1 cm³/mol. The zero-order valence-corrected chi connectivity index (χ0v) is 10.2. The Hall–Kier alpha value is -1.94. The number of nitrogens with one attached hydrogen (secondary N) is 1. The lowest BCUT2D eigenvalue weighted by molar-refractivity contribution is 0.220. The van der Waals surface area contributed by atoms with Crippen LogP contribution in [0.25, 0.3) is 0 Å². The second kappa shape index (κ2) is 4.63. The molecule has 1 atom stereocenters. The van der Waals surface area contributed by atoms with Crippen molar-refractivity contribution >= 4 is 5.69 Å². The van der Waals surface area contributed by atoms with Gasteiger partial charge in [0.05, 0.1) is 0 Å². The van der Waals surface area contributed by atoms with E-state index in [0.717, 1.165) is 42.4 Å². The lowest BCUT2D eigenvalue weighted by Crippen LogP contribution is -2.04. The second-order valence-corrected chi connectivity index (χ2v) is 4.66. The van der Waals surface area contributed by atoms with Crippen LogP contribution in [0.4, 0.5) is 14.5 Å². The monoisotopic (exact) mass is 261 g/mol. The summed E-state index contributed by atoms with van der Waals surface area (Å²) in [4.78, 5) is 0. The molecule has 0 aromatic heterocycles. The van der Waals surface area contributed by atoms with Crippen LogP contribution >= 0.6 is 0 Å². The van der Waals surface area contributed by atoms with Gasteiger partial charge in [0.25, 0.3) is 0 Å². The maximum atomic E-state index is 13.2. The van der Waals surface area contributed by atoms with Crippen LogP contribution in [0, 0.1) is 11.6 Å². The van der Waals surface area contributed by atoms with Crippen LogP contribution in [-0.2, 0) is 6.42 Å². The molecule has 2 aromatic rings. The van der Waals surface area contributed by atoms with Gasteiger partial charge in [-0.3, -0.25) is 0 Å². The van der Waals surface area contributed by atoms with Gasteiger partial charge >= 0.3 is 0 Å². The van der Waals surface area contributed by atoms with Crippen molar-refractivity contribution in [2.75, 3.05) is 11.9 Å². The Kier molecular flexibility index (Phi) is 2.95. The summed E-state index contributed by atoms with van der Waals surface area (Å²) in [5, 5.41) is 13.5. The molecule has 19 heavy (non-hydrogen) atoms. The minimum atomic E-state index is -1.04. The third-order valence-corrected chi connectivity index (χ3v) is 3.37. The molecule has 4 heteroatoms. The number of fused-ring (bicyclic) bond motifs is 1. The molecule has 0 saturated heterocycles. The van der Waals surface area contributed by atoms with Crippen molar-refractivity contribution < 1.29 is 13.9 Å². The maximum absolute atomic E-state index is 13.2. The average Bonchev–Trinajstić information content (AvgIpc) is 2.84. The second-order valence-electron chi connectivity index (χ2n) is 4.66. The minimum absolute atomic E-state index is 0.222. The van der Waals surface area contributed by atoms with Crippen LogP contribution in [0.15, 0.2) is 36.4 Å². The van der Waals surface area contributed by atoms with Gasteiger partial charge in [-0.1, -0.05) is 18.2 Å². The third-order valence-electron chi connectivity index (χ3n) is 3.37. The van der Waals surface area contributed by atoms with Crippen molar-refractivity contribution in [2.24, 2.45) is 0 Å². The van der Waals surface area contributed by atoms with Crippen LogP contribution in [0.5, 0.6) is 0 Å². The largest absolute Gasteiger partial charge is 0.384 e. The number of hydrogen-bond donors (Lipinski definition) is 2. The van der Waals surface area contributed by atoms with E-state index in [-0.39, 0.29) is 5.56 Å². The molecule has 3 rings (SSSR count). The first-order valence-corrected chi connectivity index (χ1v) is 6.15. The molecule has 98 valence electrons. The number of anilines is 1. The first kappa shape index (κ1) is 12.1. The van der Waals surface area contributed by atoms with Gasteiger partial charge in [-0.15, -0.1) is 0 Å². The molecule has 2 aromatic carbocycles. The fourth-order valence-corrected chi connectivity index (χ4v) is 2.51. The summed E-state index contributed by atoms with van der Waals surface area (Å²) in [6.45, 7) is 0.816. The van der Waals surface area contributed by atoms with Crippen molar-refractivity contribution in [1.82, 2.24) is 0 Å². The third kappa shape index (κ3) is 2.19. The van der Waals surface area contributed by atoms with Crippen molar-refractivity contribution in [3.8, 4) is 0 Å². The lowest BCUT2D eigenvalue weighted by Gasteiger charge is -2.16. The van der Waals surface area contributed by atoms with E-state index in [1.807, 2.05) is 12.1 Å². The van der Waals surface area contributed by atoms with Crippen molar-refractivity contribution in [2.45, 2.75) is 12.5 Å². The summed E-state index contributed by atoms with van der Waals surface area (Å²) in [6, 6.07) is 8.70. The molecule has 0 spiro atoms. The maximum Gasteiger partial charge on any atom is 0.126 e. The Morgan fingerprint density at radius 1 is 1.11 bits per heavy atom. The molecule has 0 fully saturated rings. The summed E-state index contributed by atoms with van der Waals surface area (Å²) in [7, 11) is 0. The highest BCUT2D eigenvalue weighted by Gasteiger charge is 2.20. The summed E-state index contributed by atoms with van der Waals surface area (Å²) < 4.78 is 26.4. The van der Waals surface area contributed by atoms with E-state index in [9.17, 15) is 13.9 Å². The number of halogens is 2. The van der Waals surface area contributed by atoms with E-state index >= 15 is 0 Å². The van der Waals surface area contributed by atoms with E-state index < -0.39 is 17.7 Å². The highest BCUT2D eigenvalue weighted by Crippen LogP contribution is 2.34. The van der Waals surface area contributed by atoms with Gasteiger partial charge in [0.1, 0.15) is 17.7 Å². The van der Waals surface area contributed by atoms with Crippen LogP contribution in [0.1, 0.15) is 22.8 Å². The van der Waals surface area contributed by atoms with E-state index in [1.54, 1.807) is 6.07 Å². The Bertz CT molecular complexity index is 607. The van der Waals surface area contributed by atoms with E-state index in [4.69, 9.17) is 0 Å². The van der Waals surface area contributed by atoms with E-state index in [1.165, 1.54) is 0 Å². The molecule has 0 bridgehead atoms. The Morgan fingerprint density at radius 3 is 2.58 bits per heavy atom. The number of hydrogen-bond acceptors (Lipinski definition) is 2. The summed E-state index contributed by atoms with van der Waals surface area (Å²) in [5.74, 6) is -1.37. The van der Waals surface area contributed by atoms with Crippen LogP contribution < -0.4 is 5.32 Å². The molecule has 0 radical (unpaired) electrons. The molecule has 2 N–H and O–H groups in total. The zero-order valence-electron chi connectivity index (χ0n) is 10.2. The first-order valence-electron chi connectivity index (χ1n) is 6.15.